The number of hydrogen-bond donors (Lipinski definition) is 0. The number of rotatable bonds is 6. The predicted molar refractivity (Wildman–Crippen MR) is 113 cm³/mol. The summed E-state index contributed by atoms with van der Waals surface area (Å²) in [5, 5.41) is 23.9. The third-order valence-electron chi connectivity index (χ3n) is 3.38. The lowest BCUT2D eigenvalue weighted by molar-refractivity contribution is -0.675. The molecule has 0 fully saturated rings. The van der Waals surface area contributed by atoms with Gasteiger partial charge in [0, 0.05) is 37.4 Å². The van der Waals surface area contributed by atoms with Gasteiger partial charge in [-0.1, -0.05) is 0 Å². The van der Waals surface area contributed by atoms with E-state index >= 15 is 0 Å². The molecule has 0 spiro atoms. The molecular weight excluding hydrogens is 546 g/mol. The molecule has 6 nitrogen and oxygen atoms in total. The molecule has 2 heterocycles. The van der Waals surface area contributed by atoms with Crippen molar-refractivity contribution in [3.63, 3.8) is 0 Å². The number of pyridine rings is 2. The van der Waals surface area contributed by atoms with Crippen LogP contribution in [0.1, 0.15) is 17.8 Å². The maximum Gasteiger partial charge on any atom is 0.215 e. The Bertz CT molecular complexity index is 675. The Morgan fingerprint density at radius 2 is 1.20 bits per heavy atom. The highest BCUT2D eigenvalue weighted by Gasteiger charge is 2.04. The van der Waals surface area contributed by atoms with Crippen molar-refractivity contribution < 1.29 is 19.3 Å². The van der Waals surface area contributed by atoms with Crippen molar-refractivity contribution >= 4 is 59.7 Å². The van der Waals surface area contributed by atoms with E-state index in [1.807, 2.05) is 12.1 Å². The summed E-state index contributed by atoms with van der Waals surface area (Å²) in [6.07, 6.45) is 4.16. The Morgan fingerprint density at radius 3 is 1.56 bits per heavy atom. The second kappa shape index (κ2) is 12.1. The molecule has 8 heteroatoms. The van der Waals surface area contributed by atoms with E-state index in [-0.39, 0.29) is 59.7 Å². The topological polar surface area (TPSA) is 78.6 Å². The van der Waals surface area contributed by atoms with E-state index in [0.29, 0.717) is 30.9 Å². The summed E-state index contributed by atoms with van der Waals surface area (Å²) in [5.74, 6) is -0.511. The van der Waals surface area contributed by atoms with E-state index in [2.05, 4.69) is 9.98 Å². The van der Waals surface area contributed by atoms with Crippen LogP contribution in [0.2, 0.25) is 0 Å². The first-order valence-electron chi connectivity index (χ1n) is 7.42. The molecule has 0 aliphatic rings. The molecule has 0 radical (unpaired) electrons. The van der Waals surface area contributed by atoms with Gasteiger partial charge in [-0.25, -0.2) is 9.13 Å². The van der Waals surface area contributed by atoms with Crippen LogP contribution in [0.4, 0.5) is 0 Å². The van der Waals surface area contributed by atoms with E-state index in [1.165, 1.54) is 0 Å². The fourth-order valence-corrected chi connectivity index (χ4v) is 2.08. The van der Waals surface area contributed by atoms with E-state index in [1.54, 1.807) is 59.9 Å². The summed E-state index contributed by atoms with van der Waals surface area (Å²) >= 11 is 0. The number of hydrogen-bond acceptors (Lipinski definition) is 4. The van der Waals surface area contributed by atoms with Crippen LogP contribution in [0.3, 0.4) is 0 Å². The van der Waals surface area contributed by atoms with Crippen LogP contribution in [0.25, 0.3) is 0 Å². The molecule has 0 amide bonds. The Kier molecular flexibility index (Phi) is 11.5. The van der Waals surface area contributed by atoms with Crippen LogP contribution in [0.5, 0.6) is 0 Å². The minimum atomic E-state index is -0.256. The molecule has 2 rings (SSSR count). The Morgan fingerprint density at radius 1 is 0.800 bits per heavy atom. The maximum atomic E-state index is 11.9. The van der Waals surface area contributed by atoms with Crippen molar-refractivity contribution in [1.82, 2.24) is 0 Å². The molecule has 25 heavy (non-hydrogen) atoms. The van der Waals surface area contributed by atoms with Gasteiger partial charge < -0.3 is 10.2 Å². The zero-order valence-corrected chi connectivity index (χ0v) is 18.8. The molecule has 0 saturated carbocycles. The normalized spacial score (nSPS) is 11.4. The summed E-state index contributed by atoms with van der Waals surface area (Å²) in [7, 11) is 3.60. The molecular formula is C17H22I2N4O2. The number of aryl methyl sites for hydroxylation is 2. The number of aromatic nitrogens is 2. The van der Waals surface area contributed by atoms with Gasteiger partial charge >= 0.3 is 0 Å². The molecule has 0 atom stereocenters. The lowest BCUT2D eigenvalue weighted by Crippen LogP contribution is -2.40. The average molecular weight is 568 g/mol. The summed E-state index contributed by atoms with van der Waals surface area (Å²) in [5.41, 5.74) is 1.08. The SMILES string of the molecule is C[n+]1ccccc1C([O-])=NCCCN=C([O-])c1cccc[n+]1C.I.I. The van der Waals surface area contributed by atoms with Gasteiger partial charge in [-0.2, -0.15) is 0 Å². The third-order valence-corrected chi connectivity index (χ3v) is 3.38. The highest BCUT2D eigenvalue weighted by Crippen LogP contribution is 1.94. The van der Waals surface area contributed by atoms with Gasteiger partial charge in [-0.3, -0.25) is 9.98 Å². The van der Waals surface area contributed by atoms with Gasteiger partial charge in [0.2, 0.25) is 11.4 Å². The smallest absolute Gasteiger partial charge is 0.215 e. The molecule has 0 bridgehead atoms. The first kappa shape index (κ1) is 23.7. The van der Waals surface area contributed by atoms with Gasteiger partial charge in [-0.15, -0.1) is 48.0 Å². The standard InChI is InChI=1S/C17H20N4O2.2HI/c1-20-12-5-3-8-14(20)16(22)18-10-7-11-19-17(23)15-9-4-6-13-21(15)2;;/h3-6,8-9,12-13H,7,10-11H2,1-2H3;2*1H. The zero-order chi connectivity index (χ0) is 16.7. The quantitative estimate of drug-likeness (QED) is 0.160. The molecule has 0 N–H and O–H groups in total. The van der Waals surface area contributed by atoms with Crippen LogP contribution < -0.4 is 19.3 Å². The van der Waals surface area contributed by atoms with E-state index in [4.69, 9.17) is 0 Å². The summed E-state index contributed by atoms with van der Waals surface area (Å²) in [6, 6.07) is 10.8. The van der Waals surface area contributed by atoms with Crippen molar-refractivity contribution in [1.29, 1.82) is 0 Å². The molecule has 2 aromatic heterocycles. The van der Waals surface area contributed by atoms with Crippen LogP contribution in [0.15, 0.2) is 58.8 Å². The zero-order valence-electron chi connectivity index (χ0n) is 14.2. The first-order chi connectivity index (χ1) is 11.1. The average Bonchev–Trinajstić information content (AvgIpc) is 2.55. The van der Waals surface area contributed by atoms with Gasteiger partial charge in [-0.05, 0) is 18.6 Å². The van der Waals surface area contributed by atoms with Gasteiger partial charge in [0.1, 0.15) is 14.1 Å². The molecule has 0 aliphatic carbocycles. The van der Waals surface area contributed by atoms with Crippen molar-refractivity contribution in [2.24, 2.45) is 24.1 Å². The van der Waals surface area contributed by atoms with Crippen LogP contribution in [-0.4, -0.2) is 24.9 Å². The highest BCUT2D eigenvalue weighted by atomic mass is 127. The van der Waals surface area contributed by atoms with Gasteiger partial charge in [0.05, 0.1) is 11.8 Å². The lowest BCUT2D eigenvalue weighted by atomic mass is 10.3. The minimum Gasteiger partial charge on any atom is -0.854 e. The molecule has 0 unspecified atom stereocenters. The fraction of sp³-hybridized carbons (Fsp3) is 0.294. The van der Waals surface area contributed by atoms with E-state index in [0.717, 1.165) is 0 Å². The Balaban J connectivity index is 0.00000288. The summed E-state index contributed by atoms with van der Waals surface area (Å²) < 4.78 is 3.46. The van der Waals surface area contributed by atoms with Crippen molar-refractivity contribution in [3.8, 4) is 0 Å². The lowest BCUT2D eigenvalue weighted by Gasteiger charge is -2.09. The van der Waals surface area contributed by atoms with E-state index in [9.17, 15) is 10.2 Å². The fourth-order valence-electron chi connectivity index (χ4n) is 2.08. The monoisotopic (exact) mass is 568 g/mol. The molecule has 0 saturated heterocycles. The number of halogens is 2. The maximum absolute atomic E-state index is 11.9. The highest BCUT2D eigenvalue weighted by molar-refractivity contribution is 14.0. The molecule has 2 aromatic rings. The number of nitrogens with zero attached hydrogens (tertiary/aromatic N) is 4. The largest absolute Gasteiger partial charge is 0.854 e. The third kappa shape index (κ3) is 7.22. The van der Waals surface area contributed by atoms with Gasteiger partial charge in [0.25, 0.3) is 0 Å². The molecule has 0 aromatic carbocycles. The summed E-state index contributed by atoms with van der Waals surface area (Å²) in [6.45, 7) is 0.705. The molecule has 0 aliphatic heterocycles. The minimum absolute atomic E-state index is 0. The second-order valence-corrected chi connectivity index (χ2v) is 5.12. The second-order valence-electron chi connectivity index (χ2n) is 5.12. The van der Waals surface area contributed by atoms with Crippen molar-refractivity contribution in [2.45, 2.75) is 6.42 Å². The van der Waals surface area contributed by atoms with Crippen LogP contribution in [0, 0.1) is 0 Å². The predicted octanol–water partition coefficient (Wildman–Crippen LogP) is -0.124. The Hall–Kier alpha value is -1.30. The van der Waals surface area contributed by atoms with Crippen molar-refractivity contribution in [2.75, 3.05) is 13.1 Å². The van der Waals surface area contributed by atoms with E-state index < -0.39 is 0 Å². The van der Waals surface area contributed by atoms with Crippen LogP contribution >= 0.6 is 48.0 Å². The van der Waals surface area contributed by atoms with Gasteiger partial charge in [0.15, 0.2) is 12.4 Å². The Labute approximate surface area is 182 Å². The summed E-state index contributed by atoms with van der Waals surface area (Å²) in [4.78, 5) is 8.01. The number of aliphatic imine (C=N–C) groups is 2. The van der Waals surface area contributed by atoms with Crippen molar-refractivity contribution in [3.05, 3.63) is 60.2 Å². The van der Waals surface area contributed by atoms with Crippen LogP contribution in [-0.2, 0) is 14.1 Å². The molecule has 136 valence electrons. The first-order valence-corrected chi connectivity index (χ1v) is 7.42.